The molecule has 36 heavy (non-hydrogen) atoms. The van der Waals surface area contributed by atoms with Crippen molar-refractivity contribution in [1.82, 2.24) is 5.32 Å². The predicted molar refractivity (Wildman–Crippen MR) is 143 cm³/mol. The molecule has 2 amide bonds. The lowest BCUT2D eigenvalue weighted by Gasteiger charge is -2.34. The van der Waals surface area contributed by atoms with E-state index < -0.39 is 18.0 Å². The Hall–Kier alpha value is -3.71. The number of carboxylic acid groups (broad SMARTS) is 1. The lowest BCUT2D eigenvalue weighted by Crippen LogP contribution is -2.36. The quantitative estimate of drug-likeness (QED) is 0.351. The van der Waals surface area contributed by atoms with E-state index in [1.165, 1.54) is 25.7 Å². The summed E-state index contributed by atoms with van der Waals surface area (Å²) in [6.45, 7) is 4.02. The molecule has 0 bridgehead atoms. The number of hydrogen-bond acceptors (Lipinski definition) is 4. The van der Waals surface area contributed by atoms with Gasteiger partial charge in [-0.05, 0) is 49.4 Å². The number of hydrogen-bond donors (Lipinski definition) is 3. The molecule has 1 heterocycles. The highest BCUT2D eigenvalue weighted by Gasteiger charge is 2.25. The van der Waals surface area contributed by atoms with E-state index in [9.17, 15) is 14.7 Å². The van der Waals surface area contributed by atoms with Crippen molar-refractivity contribution in [2.45, 2.75) is 32.2 Å². The van der Waals surface area contributed by atoms with Crippen molar-refractivity contribution in [3.05, 3.63) is 87.9 Å². The summed E-state index contributed by atoms with van der Waals surface area (Å²) < 4.78 is 5.19. The molecular formula is C28H30ClN3O4. The highest BCUT2D eigenvalue weighted by Crippen LogP contribution is 2.36. The molecule has 7 nitrogen and oxygen atoms in total. The van der Waals surface area contributed by atoms with Gasteiger partial charge >= 0.3 is 12.0 Å². The van der Waals surface area contributed by atoms with E-state index in [1.54, 1.807) is 0 Å². The first-order valence-corrected chi connectivity index (χ1v) is 12.3. The molecule has 4 rings (SSSR count). The third-order valence-corrected chi connectivity index (χ3v) is 6.78. The van der Waals surface area contributed by atoms with Gasteiger partial charge in [0.1, 0.15) is 11.3 Å². The molecule has 3 aromatic carbocycles. The van der Waals surface area contributed by atoms with Gasteiger partial charge in [0.25, 0.3) is 0 Å². The number of benzene rings is 3. The van der Waals surface area contributed by atoms with Crippen LogP contribution >= 0.6 is 11.6 Å². The van der Waals surface area contributed by atoms with Crippen molar-refractivity contribution in [3.63, 3.8) is 0 Å². The maximum Gasteiger partial charge on any atom is 0.339 e. The first kappa shape index (κ1) is 25.4. The molecule has 3 aromatic rings. The summed E-state index contributed by atoms with van der Waals surface area (Å²) in [6.07, 6.45) is 3.51. The number of carbonyl (C=O) groups is 2. The monoisotopic (exact) mass is 507 g/mol. The van der Waals surface area contributed by atoms with Gasteiger partial charge in [0, 0.05) is 30.4 Å². The zero-order valence-electron chi connectivity index (χ0n) is 20.4. The number of ether oxygens (including phenoxy) is 1. The van der Waals surface area contributed by atoms with Crippen LogP contribution in [-0.2, 0) is 0 Å². The van der Waals surface area contributed by atoms with Crippen molar-refractivity contribution < 1.29 is 19.4 Å². The molecule has 0 spiro atoms. The maximum atomic E-state index is 13.3. The fourth-order valence-electron chi connectivity index (χ4n) is 4.69. The molecule has 1 atom stereocenters. The van der Waals surface area contributed by atoms with Gasteiger partial charge in [0.2, 0.25) is 0 Å². The van der Waals surface area contributed by atoms with Crippen LogP contribution in [0.1, 0.15) is 52.4 Å². The number of rotatable bonds is 7. The zero-order valence-corrected chi connectivity index (χ0v) is 21.1. The fraction of sp³-hybridized carbons (Fsp3) is 0.286. The van der Waals surface area contributed by atoms with Crippen molar-refractivity contribution in [2.24, 2.45) is 0 Å². The minimum absolute atomic E-state index is 0.0818. The summed E-state index contributed by atoms with van der Waals surface area (Å²) in [4.78, 5) is 27.2. The number of carboxylic acids is 1. The van der Waals surface area contributed by atoms with Gasteiger partial charge in [-0.1, -0.05) is 54.1 Å². The number of carbonyl (C=O) groups excluding carboxylic acids is 1. The predicted octanol–water partition coefficient (Wildman–Crippen LogP) is 6.26. The summed E-state index contributed by atoms with van der Waals surface area (Å²) in [5, 5.41) is 15.4. The van der Waals surface area contributed by atoms with Crippen LogP contribution in [0.25, 0.3) is 0 Å². The second kappa shape index (κ2) is 11.4. The van der Waals surface area contributed by atoms with Gasteiger partial charge in [0.05, 0.1) is 23.9 Å². The lowest BCUT2D eigenvalue weighted by molar-refractivity contribution is 0.0693. The number of anilines is 2. The third kappa shape index (κ3) is 5.57. The molecule has 1 saturated heterocycles. The van der Waals surface area contributed by atoms with E-state index >= 15 is 0 Å². The van der Waals surface area contributed by atoms with Crippen LogP contribution in [0.4, 0.5) is 16.2 Å². The van der Waals surface area contributed by atoms with Gasteiger partial charge in [-0.25, -0.2) is 9.59 Å². The van der Waals surface area contributed by atoms with Crippen LogP contribution in [-0.4, -0.2) is 37.3 Å². The average molecular weight is 508 g/mol. The highest BCUT2D eigenvalue weighted by atomic mass is 35.5. The van der Waals surface area contributed by atoms with Crippen molar-refractivity contribution in [3.8, 4) is 5.75 Å². The largest absolute Gasteiger partial charge is 0.496 e. The Balaban J connectivity index is 1.68. The summed E-state index contributed by atoms with van der Waals surface area (Å²) in [7, 11) is 1.37. The second-order valence-corrected chi connectivity index (χ2v) is 9.24. The highest BCUT2D eigenvalue weighted by molar-refractivity contribution is 6.34. The number of aryl methyl sites for hydroxylation is 1. The molecule has 0 aromatic heterocycles. The van der Waals surface area contributed by atoms with E-state index in [2.05, 4.69) is 40.7 Å². The maximum absolute atomic E-state index is 13.3. The first-order valence-electron chi connectivity index (χ1n) is 12.0. The summed E-state index contributed by atoms with van der Waals surface area (Å²) in [5.41, 5.74) is 4.37. The molecule has 1 aliphatic heterocycles. The standard InChI is InChI=1S/C28H30ClN3O4/c1-18-10-9-13-23(32-14-7-4-8-15-32)25(18)26(19-11-5-3-6-12-19)31-28(35)30-22-17-24(36-2)20(27(33)34)16-21(22)29/h3,5-6,9-13,16-17,26H,4,7-8,14-15H2,1-2H3,(H,33,34)(H2,30,31,35). The third-order valence-electron chi connectivity index (χ3n) is 6.46. The smallest absolute Gasteiger partial charge is 0.339 e. The van der Waals surface area contributed by atoms with E-state index in [0.717, 1.165) is 48.3 Å². The number of urea groups is 1. The lowest BCUT2D eigenvalue weighted by atomic mass is 9.92. The minimum Gasteiger partial charge on any atom is -0.496 e. The molecule has 1 unspecified atom stereocenters. The van der Waals surface area contributed by atoms with E-state index in [4.69, 9.17) is 16.3 Å². The average Bonchev–Trinajstić information content (AvgIpc) is 2.89. The van der Waals surface area contributed by atoms with Crippen molar-refractivity contribution in [1.29, 1.82) is 0 Å². The minimum atomic E-state index is -1.17. The molecule has 8 heteroatoms. The number of aromatic carboxylic acids is 1. The normalized spacial score (nSPS) is 14.1. The Morgan fingerprint density at radius 3 is 2.42 bits per heavy atom. The number of amides is 2. The van der Waals surface area contributed by atoms with Crippen LogP contribution in [0.5, 0.6) is 5.75 Å². The molecule has 0 aliphatic carbocycles. The molecular weight excluding hydrogens is 478 g/mol. The Bertz CT molecular complexity index is 1240. The Kier molecular flexibility index (Phi) is 8.00. The van der Waals surface area contributed by atoms with Crippen LogP contribution < -0.4 is 20.3 Å². The molecule has 1 aliphatic rings. The van der Waals surface area contributed by atoms with Crippen LogP contribution in [0.2, 0.25) is 5.02 Å². The number of piperidine rings is 1. The fourth-order valence-corrected chi connectivity index (χ4v) is 4.90. The van der Waals surface area contributed by atoms with E-state index in [1.807, 2.05) is 30.3 Å². The summed E-state index contributed by atoms with van der Waals surface area (Å²) in [6, 6.07) is 17.9. The van der Waals surface area contributed by atoms with Crippen LogP contribution in [0.3, 0.4) is 0 Å². The number of halogens is 1. The second-order valence-electron chi connectivity index (χ2n) is 8.84. The van der Waals surface area contributed by atoms with Crippen LogP contribution in [0, 0.1) is 6.92 Å². The number of nitrogens with one attached hydrogen (secondary N) is 2. The molecule has 3 N–H and O–H groups in total. The number of nitrogens with zero attached hydrogens (tertiary/aromatic N) is 1. The first-order chi connectivity index (χ1) is 17.4. The Morgan fingerprint density at radius 2 is 1.75 bits per heavy atom. The van der Waals surface area contributed by atoms with E-state index in [-0.39, 0.29) is 22.0 Å². The molecule has 0 saturated carbocycles. The van der Waals surface area contributed by atoms with E-state index in [0.29, 0.717) is 0 Å². The van der Waals surface area contributed by atoms with Gasteiger partial charge in [-0.3, -0.25) is 0 Å². The van der Waals surface area contributed by atoms with Gasteiger partial charge in [-0.2, -0.15) is 0 Å². The summed E-state index contributed by atoms with van der Waals surface area (Å²) >= 11 is 6.30. The van der Waals surface area contributed by atoms with Crippen molar-refractivity contribution >= 4 is 35.0 Å². The van der Waals surface area contributed by atoms with Gasteiger partial charge in [-0.15, -0.1) is 0 Å². The summed E-state index contributed by atoms with van der Waals surface area (Å²) in [5.74, 6) is -1.06. The SMILES string of the molecule is COc1cc(NC(=O)NC(c2ccccc2)c2c(C)cccc2N2CCCCC2)c(Cl)cc1C(=O)O. The molecule has 0 radical (unpaired) electrons. The Morgan fingerprint density at radius 1 is 1.03 bits per heavy atom. The Labute approximate surface area is 216 Å². The van der Waals surface area contributed by atoms with Crippen molar-refractivity contribution in [2.75, 3.05) is 30.4 Å². The van der Waals surface area contributed by atoms with Gasteiger partial charge < -0.3 is 25.4 Å². The van der Waals surface area contributed by atoms with Gasteiger partial charge in [0.15, 0.2) is 0 Å². The molecule has 188 valence electrons. The van der Waals surface area contributed by atoms with Crippen LogP contribution in [0.15, 0.2) is 60.7 Å². The molecule has 1 fully saturated rings. The number of methoxy groups -OCH3 is 1. The zero-order chi connectivity index (χ0) is 25.7. The topological polar surface area (TPSA) is 90.9 Å².